The highest BCUT2D eigenvalue weighted by molar-refractivity contribution is 7.92. The second-order valence-corrected chi connectivity index (χ2v) is 10.8. The first-order valence-corrected chi connectivity index (χ1v) is 13.1. The SMILES string of the molecule is Cc1ccc(C)c(N2CCN(c3ccc(NS(=O)(=O)c4ccc(C)c(C)c4)cc3C(=O)O)CC2)c1. The molecule has 3 aromatic carbocycles. The van der Waals surface area contributed by atoms with E-state index in [9.17, 15) is 18.3 Å². The summed E-state index contributed by atoms with van der Waals surface area (Å²) in [6.07, 6.45) is 0. The number of hydrogen-bond acceptors (Lipinski definition) is 5. The predicted octanol–water partition coefficient (Wildman–Crippen LogP) is 4.75. The molecule has 4 rings (SSSR count). The molecular weight excluding hydrogens is 462 g/mol. The van der Waals surface area contributed by atoms with E-state index in [0.29, 0.717) is 18.8 Å². The topological polar surface area (TPSA) is 90.0 Å². The molecule has 1 aliphatic rings. The van der Waals surface area contributed by atoms with Gasteiger partial charge in [0.05, 0.1) is 16.1 Å². The molecule has 7 nitrogen and oxygen atoms in total. The fraction of sp³-hybridized carbons (Fsp3) is 0.296. The molecule has 3 aromatic rings. The number of anilines is 3. The highest BCUT2D eigenvalue weighted by Gasteiger charge is 2.24. The third kappa shape index (κ3) is 5.27. The Balaban J connectivity index is 1.54. The molecule has 0 unspecified atom stereocenters. The molecule has 1 fully saturated rings. The fourth-order valence-corrected chi connectivity index (χ4v) is 5.52. The molecule has 2 N–H and O–H groups in total. The molecule has 0 amide bonds. The van der Waals surface area contributed by atoms with E-state index in [-0.39, 0.29) is 16.1 Å². The summed E-state index contributed by atoms with van der Waals surface area (Å²) in [5.74, 6) is -1.09. The van der Waals surface area contributed by atoms with Crippen LogP contribution in [0.5, 0.6) is 0 Å². The normalized spacial score (nSPS) is 14.2. The van der Waals surface area contributed by atoms with Crippen molar-refractivity contribution in [2.24, 2.45) is 0 Å². The minimum absolute atomic E-state index is 0.0745. The van der Waals surface area contributed by atoms with Crippen molar-refractivity contribution in [3.8, 4) is 0 Å². The van der Waals surface area contributed by atoms with Crippen LogP contribution >= 0.6 is 0 Å². The Kier molecular flexibility index (Phi) is 6.76. The molecule has 35 heavy (non-hydrogen) atoms. The van der Waals surface area contributed by atoms with Crippen molar-refractivity contribution >= 4 is 33.1 Å². The smallest absolute Gasteiger partial charge is 0.337 e. The largest absolute Gasteiger partial charge is 0.478 e. The first-order valence-electron chi connectivity index (χ1n) is 11.6. The van der Waals surface area contributed by atoms with Crippen molar-refractivity contribution in [1.82, 2.24) is 0 Å². The van der Waals surface area contributed by atoms with Crippen LogP contribution in [0.3, 0.4) is 0 Å². The lowest BCUT2D eigenvalue weighted by Crippen LogP contribution is -2.47. The molecule has 0 atom stereocenters. The van der Waals surface area contributed by atoms with Crippen LogP contribution in [-0.4, -0.2) is 45.7 Å². The summed E-state index contributed by atoms with van der Waals surface area (Å²) in [4.78, 5) is 16.6. The number of aryl methyl sites for hydroxylation is 4. The second-order valence-electron chi connectivity index (χ2n) is 9.15. The van der Waals surface area contributed by atoms with Gasteiger partial charge in [-0.15, -0.1) is 0 Å². The van der Waals surface area contributed by atoms with Crippen LogP contribution < -0.4 is 14.5 Å². The van der Waals surface area contributed by atoms with Crippen LogP contribution in [0.15, 0.2) is 59.5 Å². The van der Waals surface area contributed by atoms with Crippen LogP contribution in [0, 0.1) is 27.7 Å². The van der Waals surface area contributed by atoms with Crippen LogP contribution in [-0.2, 0) is 10.0 Å². The number of carboxylic acid groups (broad SMARTS) is 1. The quantitative estimate of drug-likeness (QED) is 0.515. The Hall–Kier alpha value is -3.52. The van der Waals surface area contributed by atoms with Crippen molar-refractivity contribution in [3.05, 3.63) is 82.4 Å². The number of hydrogen-bond donors (Lipinski definition) is 2. The van der Waals surface area contributed by atoms with Crippen molar-refractivity contribution in [3.63, 3.8) is 0 Å². The molecule has 1 aliphatic heterocycles. The average molecular weight is 494 g/mol. The highest BCUT2D eigenvalue weighted by atomic mass is 32.2. The zero-order valence-electron chi connectivity index (χ0n) is 20.5. The van der Waals surface area contributed by atoms with Gasteiger partial charge in [-0.3, -0.25) is 4.72 Å². The first-order chi connectivity index (χ1) is 16.5. The molecule has 0 bridgehead atoms. The summed E-state index contributed by atoms with van der Waals surface area (Å²) in [6, 6.07) is 16.0. The van der Waals surface area contributed by atoms with Gasteiger partial charge in [-0.1, -0.05) is 18.2 Å². The third-order valence-electron chi connectivity index (χ3n) is 6.59. The number of carboxylic acids is 1. The summed E-state index contributed by atoms with van der Waals surface area (Å²) in [5.41, 5.74) is 6.39. The Morgan fingerprint density at radius 2 is 1.40 bits per heavy atom. The molecule has 0 spiro atoms. The standard InChI is InChI=1S/C27H31N3O4S/c1-18-5-6-20(3)26(15-18)30-13-11-29(12-14-30)25-10-8-22(17-24(25)27(31)32)28-35(33,34)23-9-7-19(2)21(4)16-23/h5-10,15-17,28H,11-14H2,1-4H3,(H,31,32). The van der Waals surface area contributed by atoms with E-state index in [1.807, 2.05) is 18.7 Å². The number of rotatable bonds is 6. The van der Waals surface area contributed by atoms with E-state index in [0.717, 1.165) is 24.2 Å². The van der Waals surface area contributed by atoms with Crippen LogP contribution in [0.4, 0.5) is 17.1 Å². The van der Waals surface area contributed by atoms with E-state index < -0.39 is 16.0 Å². The van der Waals surface area contributed by atoms with Gasteiger partial charge in [0, 0.05) is 37.6 Å². The van der Waals surface area contributed by atoms with Gasteiger partial charge in [0.15, 0.2) is 0 Å². The number of sulfonamides is 1. The summed E-state index contributed by atoms with van der Waals surface area (Å²) in [5, 5.41) is 9.89. The third-order valence-corrected chi connectivity index (χ3v) is 7.97. The number of benzene rings is 3. The van der Waals surface area contributed by atoms with Gasteiger partial charge in [-0.05, 0) is 86.3 Å². The van der Waals surface area contributed by atoms with Crippen LogP contribution in [0.25, 0.3) is 0 Å². The van der Waals surface area contributed by atoms with Crippen LogP contribution in [0.1, 0.15) is 32.6 Å². The molecule has 1 heterocycles. The Morgan fingerprint density at radius 3 is 2.03 bits per heavy atom. The number of carbonyl (C=O) groups is 1. The maximum atomic E-state index is 12.9. The zero-order chi connectivity index (χ0) is 25.3. The Morgan fingerprint density at radius 1 is 0.771 bits per heavy atom. The predicted molar refractivity (Wildman–Crippen MR) is 140 cm³/mol. The van der Waals surface area contributed by atoms with Gasteiger partial charge in [-0.25, -0.2) is 13.2 Å². The van der Waals surface area contributed by atoms with E-state index in [2.05, 4.69) is 41.7 Å². The van der Waals surface area contributed by atoms with Crippen molar-refractivity contribution in [2.75, 3.05) is 40.7 Å². The number of aromatic carboxylic acids is 1. The lowest BCUT2D eigenvalue weighted by atomic mass is 10.1. The molecule has 0 aromatic heterocycles. The van der Waals surface area contributed by atoms with Gasteiger partial charge >= 0.3 is 5.97 Å². The van der Waals surface area contributed by atoms with Crippen molar-refractivity contribution in [2.45, 2.75) is 32.6 Å². The second kappa shape index (κ2) is 9.62. The minimum Gasteiger partial charge on any atom is -0.478 e. The first kappa shape index (κ1) is 24.6. The van der Waals surface area contributed by atoms with E-state index in [1.54, 1.807) is 30.3 Å². The zero-order valence-corrected chi connectivity index (χ0v) is 21.3. The summed E-state index contributed by atoms with van der Waals surface area (Å²) < 4.78 is 28.3. The Bertz CT molecular complexity index is 1380. The summed E-state index contributed by atoms with van der Waals surface area (Å²) in [7, 11) is -3.84. The number of nitrogens with one attached hydrogen (secondary N) is 1. The molecule has 0 radical (unpaired) electrons. The van der Waals surface area contributed by atoms with Gasteiger partial charge in [0.2, 0.25) is 0 Å². The van der Waals surface area contributed by atoms with E-state index in [4.69, 9.17) is 0 Å². The van der Waals surface area contributed by atoms with Gasteiger partial charge < -0.3 is 14.9 Å². The van der Waals surface area contributed by atoms with Gasteiger partial charge in [0.25, 0.3) is 10.0 Å². The summed E-state index contributed by atoms with van der Waals surface area (Å²) >= 11 is 0. The molecule has 0 saturated carbocycles. The molecule has 0 aliphatic carbocycles. The van der Waals surface area contributed by atoms with E-state index >= 15 is 0 Å². The minimum atomic E-state index is -3.84. The highest BCUT2D eigenvalue weighted by Crippen LogP contribution is 2.29. The number of piperazine rings is 1. The van der Waals surface area contributed by atoms with Crippen molar-refractivity contribution < 1.29 is 18.3 Å². The molecule has 1 saturated heterocycles. The molecule has 184 valence electrons. The lowest BCUT2D eigenvalue weighted by molar-refractivity contribution is 0.0697. The lowest BCUT2D eigenvalue weighted by Gasteiger charge is -2.38. The van der Waals surface area contributed by atoms with Crippen LogP contribution in [0.2, 0.25) is 0 Å². The maximum absolute atomic E-state index is 12.9. The molecule has 8 heteroatoms. The monoisotopic (exact) mass is 493 g/mol. The van der Waals surface area contributed by atoms with Crippen molar-refractivity contribution in [1.29, 1.82) is 0 Å². The van der Waals surface area contributed by atoms with Gasteiger partial charge in [-0.2, -0.15) is 0 Å². The maximum Gasteiger partial charge on any atom is 0.337 e. The van der Waals surface area contributed by atoms with Gasteiger partial charge in [0.1, 0.15) is 0 Å². The summed E-state index contributed by atoms with van der Waals surface area (Å²) in [6.45, 7) is 10.8. The fourth-order valence-electron chi connectivity index (χ4n) is 4.39. The average Bonchev–Trinajstić information content (AvgIpc) is 2.82. The van der Waals surface area contributed by atoms with E-state index in [1.165, 1.54) is 22.9 Å². The molecular formula is C27H31N3O4S. The Labute approximate surface area is 207 Å². The number of nitrogens with zero attached hydrogens (tertiary/aromatic N) is 2.